The number of likely N-dealkylation sites (tertiary alicyclic amines) is 1. The zero-order valence-corrected chi connectivity index (χ0v) is 16.1. The van der Waals surface area contributed by atoms with Gasteiger partial charge in [0.2, 0.25) is 5.91 Å². The van der Waals surface area contributed by atoms with Crippen LogP contribution in [0.4, 0.5) is 4.79 Å². The molecule has 144 valence electrons. The maximum absolute atomic E-state index is 12.7. The van der Waals surface area contributed by atoms with Crippen molar-refractivity contribution in [3.8, 4) is 0 Å². The number of ether oxygens (including phenoxy) is 1. The van der Waals surface area contributed by atoms with Gasteiger partial charge in [-0.3, -0.25) is 4.79 Å². The van der Waals surface area contributed by atoms with Gasteiger partial charge in [-0.2, -0.15) is 0 Å². The van der Waals surface area contributed by atoms with Gasteiger partial charge in [0.05, 0.1) is 6.04 Å². The predicted molar refractivity (Wildman–Crippen MR) is 101 cm³/mol. The molecule has 26 heavy (non-hydrogen) atoms. The first kappa shape index (κ1) is 20.2. The highest BCUT2D eigenvalue weighted by Gasteiger charge is 2.33. The van der Waals surface area contributed by atoms with Crippen molar-refractivity contribution in [1.29, 1.82) is 0 Å². The number of carbonyl (C=O) groups is 2. The number of likely N-dealkylation sites (N-methyl/N-ethyl adjacent to an activating group) is 1. The number of hydrogen-bond acceptors (Lipinski definition) is 4. The lowest BCUT2D eigenvalue weighted by atomic mass is 10.00. The largest absolute Gasteiger partial charge is 0.445 e. The van der Waals surface area contributed by atoms with Gasteiger partial charge < -0.3 is 20.3 Å². The highest BCUT2D eigenvalue weighted by Crippen LogP contribution is 2.19. The molecule has 0 radical (unpaired) electrons. The van der Waals surface area contributed by atoms with E-state index in [1.54, 1.807) is 4.90 Å². The lowest BCUT2D eigenvalue weighted by molar-refractivity contribution is -0.136. The van der Waals surface area contributed by atoms with Crippen molar-refractivity contribution < 1.29 is 14.3 Å². The Labute approximate surface area is 156 Å². The summed E-state index contributed by atoms with van der Waals surface area (Å²) in [5.41, 5.74) is 7.01. The summed E-state index contributed by atoms with van der Waals surface area (Å²) in [6.07, 6.45) is 1.41. The summed E-state index contributed by atoms with van der Waals surface area (Å²) in [4.78, 5) is 28.6. The van der Waals surface area contributed by atoms with Crippen LogP contribution >= 0.6 is 0 Å². The van der Waals surface area contributed by atoms with Gasteiger partial charge in [-0.1, -0.05) is 44.2 Å². The van der Waals surface area contributed by atoms with Crippen molar-refractivity contribution in [3.05, 3.63) is 35.9 Å². The molecule has 0 spiro atoms. The van der Waals surface area contributed by atoms with Crippen LogP contribution in [-0.4, -0.2) is 53.5 Å². The van der Waals surface area contributed by atoms with E-state index in [1.807, 2.05) is 56.0 Å². The first-order valence-electron chi connectivity index (χ1n) is 9.45. The number of nitrogens with two attached hydrogens (primary N) is 1. The van der Waals surface area contributed by atoms with Crippen LogP contribution in [0.5, 0.6) is 0 Å². The molecule has 0 aromatic heterocycles. The molecule has 2 amide bonds. The molecule has 0 bridgehead atoms. The van der Waals surface area contributed by atoms with Gasteiger partial charge in [-0.25, -0.2) is 4.79 Å². The van der Waals surface area contributed by atoms with Gasteiger partial charge in [-0.05, 0) is 31.2 Å². The zero-order chi connectivity index (χ0) is 19.1. The fraction of sp³-hybridized carbons (Fsp3) is 0.600. The second kappa shape index (κ2) is 9.57. The minimum absolute atomic E-state index is 0.00433. The maximum atomic E-state index is 12.7. The van der Waals surface area contributed by atoms with E-state index in [2.05, 4.69) is 0 Å². The summed E-state index contributed by atoms with van der Waals surface area (Å²) in [6, 6.07) is 9.11. The Morgan fingerprint density at radius 3 is 2.62 bits per heavy atom. The van der Waals surface area contributed by atoms with Crippen LogP contribution in [0.25, 0.3) is 0 Å². The lowest BCUT2D eigenvalue weighted by Gasteiger charge is -2.39. The van der Waals surface area contributed by atoms with E-state index in [9.17, 15) is 9.59 Å². The van der Waals surface area contributed by atoms with E-state index >= 15 is 0 Å². The lowest BCUT2D eigenvalue weighted by Crippen LogP contribution is -2.56. The van der Waals surface area contributed by atoms with Crippen molar-refractivity contribution in [2.24, 2.45) is 11.7 Å². The van der Waals surface area contributed by atoms with Crippen LogP contribution in [-0.2, 0) is 16.1 Å². The Hall–Kier alpha value is -2.08. The van der Waals surface area contributed by atoms with E-state index in [4.69, 9.17) is 10.5 Å². The van der Waals surface area contributed by atoms with Crippen LogP contribution < -0.4 is 5.73 Å². The Kier molecular flexibility index (Phi) is 7.45. The summed E-state index contributed by atoms with van der Waals surface area (Å²) >= 11 is 0. The molecule has 2 atom stereocenters. The number of piperidine rings is 1. The second-order valence-corrected chi connectivity index (χ2v) is 7.18. The third kappa shape index (κ3) is 5.21. The van der Waals surface area contributed by atoms with Crippen molar-refractivity contribution in [2.45, 2.75) is 52.3 Å². The number of nitrogens with zero attached hydrogens (tertiary/aromatic N) is 2. The number of hydrogen-bond donors (Lipinski definition) is 1. The number of amides is 2. The second-order valence-electron chi connectivity index (χ2n) is 7.18. The molecule has 0 saturated carbocycles. The topological polar surface area (TPSA) is 75.9 Å². The molecule has 2 rings (SSSR count). The number of rotatable bonds is 6. The first-order valence-corrected chi connectivity index (χ1v) is 9.45. The van der Waals surface area contributed by atoms with Crippen LogP contribution in [0.1, 0.15) is 39.2 Å². The molecular formula is C20H31N3O3. The molecule has 1 aliphatic heterocycles. The molecule has 1 saturated heterocycles. The van der Waals surface area contributed by atoms with E-state index in [0.717, 1.165) is 18.4 Å². The molecule has 0 unspecified atom stereocenters. The van der Waals surface area contributed by atoms with Crippen molar-refractivity contribution >= 4 is 12.0 Å². The van der Waals surface area contributed by atoms with E-state index in [0.29, 0.717) is 19.6 Å². The van der Waals surface area contributed by atoms with E-state index < -0.39 is 6.04 Å². The SMILES string of the molecule is CCN(C(=O)[C@H](N)C(C)C)[C@H]1CCCN(C(=O)OCc2ccccc2)C1. The van der Waals surface area contributed by atoms with E-state index in [1.165, 1.54) is 0 Å². The molecule has 1 aliphatic rings. The normalized spacial score (nSPS) is 18.5. The van der Waals surface area contributed by atoms with Gasteiger partial charge in [-0.15, -0.1) is 0 Å². The Morgan fingerprint density at radius 2 is 2.00 bits per heavy atom. The van der Waals surface area contributed by atoms with Crippen molar-refractivity contribution in [2.75, 3.05) is 19.6 Å². The molecule has 1 aromatic rings. The molecule has 2 N–H and O–H groups in total. The summed E-state index contributed by atoms with van der Waals surface area (Å²) in [5, 5.41) is 0. The highest BCUT2D eigenvalue weighted by molar-refractivity contribution is 5.82. The average molecular weight is 361 g/mol. The summed E-state index contributed by atoms with van der Waals surface area (Å²) < 4.78 is 5.43. The number of carbonyl (C=O) groups excluding carboxylic acids is 2. The molecule has 1 heterocycles. The van der Waals surface area contributed by atoms with E-state index in [-0.39, 0.29) is 30.6 Å². The third-order valence-electron chi connectivity index (χ3n) is 4.93. The summed E-state index contributed by atoms with van der Waals surface area (Å²) in [7, 11) is 0. The van der Waals surface area contributed by atoms with Crippen LogP contribution in [0, 0.1) is 5.92 Å². The average Bonchev–Trinajstić information content (AvgIpc) is 2.67. The van der Waals surface area contributed by atoms with Gasteiger partial charge >= 0.3 is 6.09 Å². The molecule has 1 fully saturated rings. The minimum atomic E-state index is -0.504. The van der Waals surface area contributed by atoms with Crippen LogP contribution in [0.15, 0.2) is 30.3 Å². The first-order chi connectivity index (χ1) is 12.4. The smallest absolute Gasteiger partial charge is 0.410 e. The van der Waals surface area contributed by atoms with Crippen LogP contribution in [0.3, 0.4) is 0 Å². The standard InChI is InChI=1S/C20H31N3O3/c1-4-23(19(24)18(21)15(2)3)17-11-8-12-22(13-17)20(25)26-14-16-9-6-5-7-10-16/h5-7,9-10,15,17-18H,4,8,11-14,21H2,1-3H3/t17-,18+/m0/s1. The predicted octanol–water partition coefficient (Wildman–Crippen LogP) is 2.62. The highest BCUT2D eigenvalue weighted by atomic mass is 16.6. The van der Waals surface area contributed by atoms with Gasteiger partial charge in [0, 0.05) is 25.7 Å². The van der Waals surface area contributed by atoms with Crippen LogP contribution in [0.2, 0.25) is 0 Å². The van der Waals surface area contributed by atoms with Gasteiger partial charge in [0.1, 0.15) is 6.61 Å². The fourth-order valence-electron chi connectivity index (χ4n) is 3.26. The Bertz CT molecular complexity index is 591. The number of benzene rings is 1. The molecular weight excluding hydrogens is 330 g/mol. The Balaban J connectivity index is 1.94. The van der Waals surface area contributed by atoms with Crippen molar-refractivity contribution in [3.63, 3.8) is 0 Å². The quantitative estimate of drug-likeness (QED) is 0.845. The Morgan fingerprint density at radius 1 is 1.31 bits per heavy atom. The maximum Gasteiger partial charge on any atom is 0.410 e. The molecule has 6 nitrogen and oxygen atoms in total. The summed E-state index contributed by atoms with van der Waals surface area (Å²) in [5.74, 6) is 0.0547. The van der Waals surface area contributed by atoms with Gasteiger partial charge in [0.25, 0.3) is 0 Å². The molecule has 6 heteroatoms. The monoisotopic (exact) mass is 361 g/mol. The third-order valence-corrected chi connectivity index (χ3v) is 4.93. The fourth-order valence-corrected chi connectivity index (χ4v) is 3.26. The van der Waals surface area contributed by atoms with Gasteiger partial charge in [0.15, 0.2) is 0 Å². The minimum Gasteiger partial charge on any atom is -0.445 e. The van der Waals surface area contributed by atoms with Crippen molar-refractivity contribution in [1.82, 2.24) is 9.80 Å². The molecule has 0 aliphatic carbocycles. The summed E-state index contributed by atoms with van der Waals surface area (Å²) in [6.45, 7) is 7.86. The zero-order valence-electron chi connectivity index (χ0n) is 16.1. The molecule has 1 aromatic carbocycles.